The third-order valence-corrected chi connectivity index (χ3v) is 3.29. The zero-order valence-corrected chi connectivity index (χ0v) is 11.5. The number of benzene rings is 1. The van der Waals surface area contributed by atoms with E-state index in [9.17, 15) is 0 Å². The van der Waals surface area contributed by atoms with Crippen LogP contribution >= 0.6 is 0 Å². The highest BCUT2D eigenvalue weighted by Gasteiger charge is 2.13. The van der Waals surface area contributed by atoms with E-state index in [0.717, 1.165) is 11.7 Å². The molecule has 0 bridgehead atoms. The van der Waals surface area contributed by atoms with Gasteiger partial charge in [-0.25, -0.2) is 0 Å². The van der Waals surface area contributed by atoms with Crippen molar-refractivity contribution in [2.45, 2.75) is 39.2 Å². The van der Waals surface area contributed by atoms with E-state index >= 15 is 0 Å². The second-order valence-electron chi connectivity index (χ2n) is 4.74. The number of hydrogen-bond acceptors (Lipinski definition) is 2. The van der Waals surface area contributed by atoms with Crippen molar-refractivity contribution in [3.05, 3.63) is 29.8 Å². The summed E-state index contributed by atoms with van der Waals surface area (Å²) in [5.74, 6) is 1.68. The van der Waals surface area contributed by atoms with Crippen LogP contribution in [0.15, 0.2) is 24.3 Å². The summed E-state index contributed by atoms with van der Waals surface area (Å²) in [6.45, 7) is 4.58. The second-order valence-corrected chi connectivity index (χ2v) is 4.74. The number of nitrogens with one attached hydrogen (secondary N) is 1. The molecule has 1 rings (SSSR count). The van der Waals surface area contributed by atoms with Crippen molar-refractivity contribution in [2.75, 3.05) is 14.2 Å². The van der Waals surface area contributed by atoms with E-state index in [1.165, 1.54) is 24.8 Å². The van der Waals surface area contributed by atoms with Crippen LogP contribution in [0.1, 0.15) is 44.7 Å². The highest BCUT2D eigenvalue weighted by atomic mass is 16.5. The number of rotatable bonds is 7. The van der Waals surface area contributed by atoms with Crippen molar-refractivity contribution in [1.82, 2.24) is 5.32 Å². The fraction of sp³-hybridized carbons (Fsp3) is 0.600. The zero-order chi connectivity index (χ0) is 12.7. The Morgan fingerprint density at radius 3 is 2.35 bits per heavy atom. The molecule has 0 saturated carbocycles. The minimum absolute atomic E-state index is 0.447. The second kappa shape index (κ2) is 7.33. The minimum Gasteiger partial charge on any atom is -0.497 e. The predicted octanol–water partition coefficient (Wildman–Crippen LogP) is 3.78. The van der Waals surface area contributed by atoms with Crippen LogP contribution in [-0.4, -0.2) is 14.2 Å². The molecular weight excluding hydrogens is 210 g/mol. The molecule has 0 fully saturated rings. The van der Waals surface area contributed by atoms with Gasteiger partial charge in [0, 0.05) is 6.04 Å². The van der Waals surface area contributed by atoms with Gasteiger partial charge in [-0.05, 0) is 37.1 Å². The molecule has 0 aliphatic carbocycles. The molecule has 0 aliphatic heterocycles. The maximum atomic E-state index is 5.18. The molecule has 0 aromatic heterocycles. The summed E-state index contributed by atoms with van der Waals surface area (Å²) in [5.41, 5.74) is 1.34. The Balaban J connectivity index is 2.65. The summed E-state index contributed by atoms with van der Waals surface area (Å²) in [7, 11) is 3.74. The summed E-state index contributed by atoms with van der Waals surface area (Å²) in [6, 6.07) is 8.81. The van der Waals surface area contributed by atoms with E-state index in [1.807, 2.05) is 19.2 Å². The quantitative estimate of drug-likeness (QED) is 0.776. The third-order valence-electron chi connectivity index (χ3n) is 3.29. The van der Waals surface area contributed by atoms with E-state index in [1.54, 1.807) is 7.11 Å². The van der Waals surface area contributed by atoms with Gasteiger partial charge in [0.15, 0.2) is 0 Å². The summed E-state index contributed by atoms with van der Waals surface area (Å²) in [4.78, 5) is 0. The van der Waals surface area contributed by atoms with Crippen molar-refractivity contribution in [3.8, 4) is 5.75 Å². The molecule has 2 unspecified atom stereocenters. The van der Waals surface area contributed by atoms with Crippen LogP contribution in [0.4, 0.5) is 0 Å². The normalized spacial score (nSPS) is 14.4. The minimum atomic E-state index is 0.447. The van der Waals surface area contributed by atoms with Crippen LogP contribution in [0.25, 0.3) is 0 Å². The Labute approximate surface area is 105 Å². The van der Waals surface area contributed by atoms with Crippen LogP contribution < -0.4 is 10.1 Å². The van der Waals surface area contributed by atoms with E-state index in [4.69, 9.17) is 4.74 Å². The Morgan fingerprint density at radius 1 is 1.24 bits per heavy atom. The van der Waals surface area contributed by atoms with Crippen LogP contribution in [0.3, 0.4) is 0 Å². The molecule has 2 atom stereocenters. The van der Waals surface area contributed by atoms with Gasteiger partial charge in [-0.1, -0.05) is 38.8 Å². The molecule has 1 N–H and O–H groups in total. The first-order valence-corrected chi connectivity index (χ1v) is 6.52. The third kappa shape index (κ3) is 4.39. The Kier molecular flexibility index (Phi) is 6.06. The summed E-state index contributed by atoms with van der Waals surface area (Å²) < 4.78 is 5.18. The molecule has 96 valence electrons. The molecule has 2 nitrogen and oxygen atoms in total. The Bertz CT molecular complexity index is 307. The van der Waals surface area contributed by atoms with Gasteiger partial charge in [0.2, 0.25) is 0 Å². The maximum absolute atomic E-state index is 5.18. The molecule has 0 saturated heterocycles. The monoisotopic (exact) mass is 235 g/mol. The maximum Gasteiger partial charge on any atom is 0.118 e. The first kappa shape index (κ1) is 14.0. The van der Waals surface area contributed by atoms with Gasteiger partial charge < -0.3 is 10.1 Å². The number of hydrogen-bond donors (Lipinski definition) is 1. The van der Waals surface area contributed by atoms with Crippen molar-refractivity contribution in [2.24, 2.45) is 5.92 Å². The van der Waals surface area contributed by atoms with Crippen LogP contribution in [0.5, 0.6) is 5.75 Å². The SMILES string of the molecule is CCCC(C)CC(NC)c1ccc(OC)cc1. The molecule has 0 radical (unpaired) electrons. The molecular formula is C15H25NO. The van der Waals surface area contributed by atoms with Gasteiger partial charge in [0.1, 0.15) is 5.75 Å². The standard InChI is InChI=1S/C15H25NO/c1-5-6-12(2)11-15(16-3)13-7-9-14(17-4)10-8-13/h7-10,12,15-16H,5-6,11H2,1-4H3. The van der Waals surface area contributed by atoms with Gasteiger partial charge in [-0.15, -0.1) is 0 Å². The molecule has 0 amide bonds. The van der Waals surface area contributed by atoms with E-state index in [2.05, 4.69) is 31.3 Å². The van der Waals surface area contributed by atoms with Crippen molar-refractivity contribution >= 4 is 0 Å². The highest BCUT2D eigenvalue weighted by molar-refractivity contribution is 5.29. The van der Waals surface area contributed by atoms with E-state index in [-0.39, 0.29) is 0 Å². The van der Waals surface area contributed by atoms with Crippen molar-refractivity contribution < 1.29 is 4.74 Å². The van der Waals surface area contributed by atoms with Crippen LogP contribution in [0.2, 0.25) is 0 Å². The lowest BCUT2D eigenvalue weighted by atomic mass is 9.93. The summed E-state index contributed by atoms with van der Waals surface area (Å²) >= 11 is 0. The molecule has 2 heteroatoms. The number of methoxy groups -OCH3 is 1. The fourth-order valence-corrected chi connectivity index (χ4v) is 2.27. The Morgan fingerprint density at radius 2 is 1.88 bits per heavy atom. The fourth-order valence-electron chi connectivity index (χ4n) is 2.27. The first-order chi connectivity index (χ1) is 8.21. The lowest BCUT2D eigenvalue weighted by molar-refractivity contribution is 0.403. The van der Waals surface area contributed by atoms with Crippen molar-refractivity contribution in [3.63, 3.8) is 0 Å². The highest BCUT2D eigenvalue weighted by Crippen LogP contribution is 2.25. The summed E-state index contributed by atoms with van der Waals surface area (Å²) in [5, 5.41) is 3.40. The average Bonchev–Trinajstić information content (AvgIpc) is 2.36. The largest absolute Gasteiger partial charge is 0.497 e. The lowest BCUT2D eigenvalue weighted by Crippen LogP contribution is -2.19. The average molecular weight is 235 g/mol. The molecule has 1 aromatic rings. The number of ether oxygens (including phenoxy) is 1. The molecule has 17 heavy (non-hydrogen) atoms. The lowest BCUT2D eigenvalue weighted by Gasteiger charge is -2.21. The molecule has 0 aliphatic rings. The smallest absolute Gasteiger partial charge is 0.118 e. The Hall–Kier alpha value is -1.02. The van der Waals surface area contributed by atoms with Gasteiger partial charge in [0.25, 0.3) is 0 Å². The van der Waals surface area contributed by atoms with E-state index in [0.29, 0.717) is 6.04 Å². The van der Waals surface area contributed by atoms with E-state index < -0.39 is 0 Å². The van der Waals surface area contributed by atoms with Gasteiger partial charge in [-0.3, -0.25) is 0 Å². The zero-order valence-electron chi connectivity index (χ0n) is 11.5. The first-order valence-electron chi connectivity index (χ1n) is 6.52. The topological polar surface area (TPSA) is 21.3 Å². The molecule has 0 spiro atoms. The van der Waals surface area contributed by atoms with Crippen LogP contribution in [0, 0.1) is 5.92 Å². The molecule has 1 aromatic carbocycles. The summed E-state index contributed by atoms with van der Waals surface area (Å²) in [6.07, 6.45) is 3.76. The van der Waals surface area contributed by atoms with Gasteiger partial charge in [-0.2, -0.15) is 0 Å². The molecule has 0 heterocycles. The van der Waals surface area contributed by atoms with Gasteiger partial charge >= 0.3 is 0 Å². The van der Waals surface area contributed by atoms with Crippen LogP contribution in [-0.2, 0) is 0 Å². The van der Waals surface area contributed by atoms with Gasteiger partial charge in [0.05, 0.1) is 7.11 Å². The predicted molar refractivity (Wildman–Crippen MR) is 73.5 cm³/mol. The van der Waals surface area contributed by atoms with Crippen molar-refractivity contribution in [1.29, 1.82) is 0 Å².